The SMILES string of the molecule is C[C@@H]1[C@H](C(=O)O)CCCN1S(=O)(=O)c1cc(Cl)ccc1C(F)(F)F. The van der Waals surface area contributed by atoms with E-state index in [0.29, 0.717) is 6.07 Å². The zero-order chi connectivity index (χ0) is 18.3. The van der Waals surface area contributed by atoms with Crippen molar-refractivity contribution in [3.8, 4) is 0 Å². The summed E-state index contributed by atoms with van der Waals surface area (Å²) in [6.07, 6.45) is -4.36. The molecule has 1 aromatic rings. The minimum Gasteiger partial charge on any atom is -0.481 e. The topological polar surface area (TPSA) is 74.7 Å². The summed E-state index contributed by atoms with van der Waals surface area (Å²) in [5.74, 6) is -2.15. The molecule has 10 heteroatoms. The Bertz CT molecular complexity index is 751. The van der Waals surface area contributed by atoms with E-state index < -0.39 is 44.6 Å². The number of nitrogens with zero attached hydrogens (tertiary/aromatic N) is 1. The van der Waals surface area contributed by atoms with Gasteiger partial charge in [-0.25, -0.2) is 8.42 Å². The Morgan fingerprint density at radius 2 is 2.00 bits per heavy atom. The lowest BCUT2D eigenvalue weighted by Crippen LogP contribution is -2.49. The highest BCUT2D eigenvalue weighted by atomic mass is 35.5. The second-order valence-electron chi connectivity index (χ2n) is 5.58. The first kappa shape index (κ1) is 19.0. The van der Waals surface area contributed by atoms with Crippen LogP contribution in [-0.2, 0) is 21.0 Å². The van der Waals surface area contributed by atoms with Gasteiger partial charge in [0.2, 0.25) is 10.0 Å². The minimum absolute atomic E-state index is 0.0446. The number of benzene rings is 1. The average Bonchev–Trinajstić information content (AvgIpc) is 2.45. The van der Waals surface area contributed by atoms with E-state index in [1.54, 1.807) is 0 Å². The van der Waals surface area contributed by atoms with Gasteiger partial charge in [0.05, 0.1) is 16.4 Å². The van der Waals surface area contributed by atoms with Crippen LogP contribution in [0.2, 0.25) is 5.02 Å². The van der Waals surface area contributed by atoms with Crippen molar-refractivity contribution < 1.29 is 31.5 Å². The second kappa shape index (κ2) is 6.53. The highest BCUT2D eigenvalue weighted by molar-refractivity contribution is 7.89. The molecule has 0 amide bonds. The Kier molecular flexibility index (Phi) is 5.17. The monoisotopic (exact) mass is 385 g/mol. The molecule has 2 rings (SSSR count). The smallest absolute Gasteiger partial charge is 0.417 e. The molecule has 1 N–H and O–H groups in total. The van der Waals surface area contributed by atoms with E-state index in [4.69, 9.17) is 16.7 Å². The lowest BCUT2D eigenvalue weighted by atomic mass is 9.92. The summed E-state index contributed by atoms with van der Waals surface area (Å²) in [5, 5.41) is 9.02. The summed E-state index contributed by atoms with van der Waals surface area (Å²) in [4.78, 5) is 10.3. The molecule has 1 saturated heterocycles. The van der Waals surface area contributed by atoms with Gasteiger partial charge in [-0.1, -0.05) is 11.6 Å². The predicted molar refractivity (Wildman–Crippen MR) is 80.2 cm³/mol. The van der Waals surface area contributed by atoms with Crippen molar-refractivity contribution in [2.24, 2.45) is 5.92 Å². The molecule has 0 unspecified atom stereocenters. The van der Waals surface area contributed by atoms with E-state index in [1.165, 1.54) is 6.92 Å². The van der Waals surface area contributed by atoms with E-state index in [9.17, 15) is 26.4 Å². The van der Waals surface area contributed by atoms with Crippen LogP contribution in [0.4, 0.5) is 13.2 Å². The van der Waals surface area contributed by atoms with Gasteiger partial charge in [0.25, 0.3) is 0 Å². The molecule has 2 atom stereocenters. The largest absolute Gasteiger partial charge is 0.481 e. The van der Waals surface area contributed by atoms with Gasteiger partial charge in [-0.15, -0.1) is 0 Å². The van der Waals surface area contributed by atoms with Gasteiger partial charge in [0, 0.05) is 17.6 Å². The third-order valence-corrected chi connectivity index (χ3v) is 6.34. The number of aliphatic carboxylic acids is 1. The predicted octanol–water partition coefficient (Wildman–Crippen LogP) is 3.23. The fourth-order valence-corrected chi connectivity index (χ4v) is 5.03. The molecule has 0 spiro atoms. The van der Waals surface area contributed by atoms with Crippen molar-refractivity contribution >= 4 is 27.6 Å². The summed E-state index contributed by atoms with van der Waals surface area (Å²) in [6.45, 7) is 1.34. The summed E-state index contributed by atoms with van der Waals surface area (Å²) >= 11 is 5.68. The Morgan fingerprint density at radius 1 is 1.38 bits per heavy atom. The molecule has 0 aliphatic carbocycles. The molecule has 1 aromatic carbocycles. The first-order chi connectivity index (χ1) is 11.0. The number of carboxylic acid groups (broad SMARTS) is 1. The second-order valence-corrected chi connectivity index (χ2v) is 7.88. The zero-order valence-electron chi connectivity index (χ0n) is 12.5. The first-order valence-electron chi connectivity index (χ1n) is 7.07. The molecule has 1 aliphatic rings. The molecule has 1 fully saturated rings. The molecule has 24 heavy (non-hydrogen) atoms. The number of hydrogen-bond acceptors (Lipinski definition) is 3. The molecular formula is C14H15ClF3NO4S. The highest BCUT2D eigenvalue weighted by Crippen LogP contribution is 2.38. The molecule has 1 aliphatic heterocycles. The van der Waals surface area contributed by atoms with Crippen LogP contribution in [0.25, 0.3) is 0 Å². The number of piperidine rings is 1. The van der Waals surface area contributed by atoms with Crippen LogP contribution < -0.4 is 0 Å². The van der Waals surface area contributed by atoms with Gasteiger partial charge < -0.3 is 5.11 Å². The molecule has 0 saturated carbocycles. The van der Waals surface area contributed by atoms with Crippen molar-refractivity contribution in [2.45, 2.75) is 36.9 Å². The number of carbonyl (C=O) groups is 1. The van der Waals surface area contributed by atoms with Crippen LogP contribution >= 0.6 is 11.6 Å². The van der Waals surface area contributed by atoms with Gasteiger partial charge in [-0.2, -0.15) is 17.5 Å². The van der Waals surface area contributed by atoms with Gasteiger partial charge in [0.1, 0.15) is 0 Å². The molecule has 1 heterocycles. The van der Waals surface area contributed by atoms with E-state index in [0.717, 1.165) is 16.4 Å². The van der Waals surface area contributed by atoms with Gasteiger partial charge in [0.15, 0.2) is 0 Å². The molecule has 5 nitrogen and oxygen atoms in total. The number of sulfonamides is 1. The minimum atomic E-state index is -4.88. The Labute approximate surface area is 142 Å². The van der Waals surface area contributed by atoms with Crippen LogP contribution in [0.1, 0.15) is 25.3 Å². The number of alkyl halides is 3. The van der Waals surface area contributed by atoms with Crippen molar-refractivity contribution in [1.29, 1.82) is 0 Å². The summed E-state index contributed by atoms with van der Waals surface area (Å²) in [7, 11) is -4.55. The third-order valence-electron chi connectivity index (χ3n) is 4.08. The summed E-state index contributed by atoms with van der Waals surface area (Å²) < 4.78 is 65.8. The lowest BCUT2D eigenvalue weighted by Gasteiger charge is -2.36. The normalized spacial score (nSPS) is 23.2. The number of halogens is 4. The van der Waals surface area contributed by atoms with Crippen LogP contribution in [0, 0.1) is 5.92 Å². The Hall–Kier alpha value is -1.32. The van der Waals surface area contributed by atoms with Crippen LogP contribution in [0.15, 0.2) is 23.1 Å². The summed E-state index contributed by atoms with van der Waals surface area (Å²) in [6, 6.07) is 1.36. The number of carboxylic acids is 1. The van der Waals surface area contributed by atoms with Gasteiger partial charge >= 0.3 is 12.1 Å². The average molecular weight is 386 g/mol. The maximum Gasteiger partial charge on any atom is 0.417 e. The number of rotatable bonds is 3. The van der Waals surface area contributed by atoms with Crippen molar-refractivity contribution in [3.05, 3.63) is 28.8 Å². The van der Waals surface area contributed by atoms with Crippen molar-refractivity contribution in [1.82, 2.24) is 4.31 Å². The van der Waals surface area contributed by atoms with Crippen LogP contribution in [-0.4, -0.2) is 36.4 Å². The standard InChI is InChI=1S/C14H15ClF3NO4S/c1-8-10(13(20)21)3-2-6-19(8)24(22,23)12-7-9(15)4-5-11(12)14(16,17)18/h4-5,7-8,10H,2-3,6H2,1H3,(H,20,21)/t8-,10-/m1/s1. The van der Waals surface area contributed by atoms with E-state index in [1.807, 2.05) is 0 Å². The quantitative estimate of drug-likeness (QED) is 0.866. The highest BCUT2D eigenvalue weighted by Gasteiger charge is 2.43. The molecule has 134 valence electrons. The van der Waals surface area contributed by atoms with Crippen molar-refractivity contribution in [3.63, 3.8) is 0 Å². The maximum atomic E-state index is 13.2. The van der Waals surface area contributed by atoms with Gasteiger partial charge in [-0.05, 0) is 38.0 Å². The molecule has 0 aromatic heterocycles. The first-order valence-corrected chi connectivity index (χ1v) is 8.89. The molecule has 0 radical (unpaired) electrons. The van der Waals surface area contributed by atoms with E-state index in [-0.39, 0.29) is 24.4 Å². The Morgan fingerprint density at radius 3 is 2.54 bits per heavy atom. The summed E-state index contributed by atoms with van der Waals surface area (Å²) in [5.41, 5.74) is -1.32. The van der Waals surface area contributed by atoms with Crippen LogP contribution in [0.5, 0.6) is 0 Å². The van der Waals surface area contributed by atoms with Gasteiger partial charge in [-0.3, -0.25) is 4.79 Å². The van der Waals surface area contributed by atoms with Crippen LogP contribution in [0.3, 0.4) is 0 Å². The molecular weight excluding hydrogens is 371 g/mol. The van der Waals surface area contributed by atoms with E-state index in [2.05, 4.69) is 0 Å². The van der Waals surface area contributed by atoms with Crippen molar-refractivity contribution in [2.75, 3.05) is 6.54 Å². The molecule has 0 bridgehead atoms. The fourth-order valence-electron chi connectivity index (χ4n) is 2.85. The Balaban J connectivity index is 2.55. The maximum absolute atomic E-state index is 13.2. The third kappa shape index (κ3) is 3.52. The van der Waals surface area contributed by atoms with E-state index >= 15 is 0 Å². The zero-order valence-corrected chi connectivity index (χ0v) is 14.1. The lowest BCUT2D eigenvalue weighted by molar-refractivity contribution is -0.144. The fraction of sp³-hybridized carbons (Fsp3) is 0.500. The number of hydrogen-bond donors (Lipinski definition) is 1.